The number of amides is 1. The van der Waals surface area contributed by atoms with E-state index in [1.165, 1.54) is 0 Å². The predicted octanol–water partition coefficient (Wildman–Crippen LogP) is 4.08. The maximum Gasteiger partial charge on any atom is 0.241 e. The van der Waals surface area contributed by atoms with Gasteiger partial charge in [0.1, 0.15) is 23.7 Å². The van der Waals surface area contributed by atoms with Gasteiger partial charge in [0.15, 0.2) is 0 Å². The zero-order chi connectivity index (χ0) is 21.6. The lowest BCUT2D eigenvalue weighted by Gasteiger charge is -2.11. The lowest BCUT2D eigenvalue weighted by molar-refractivity contribution is -0.121. The van der Waals surface area contributed by atoms with Crippen LogP contribution in [0.1, 0.15) is 5.56 Å². The Morgan fingerprint density at radius 1 is 0.968 bits per heavy atom. The highest BCUT2D eigenvalue weighted by Crippen LogP contribution is 2.27. The van der Waals surface area contributed by atoms with Crippen molar-refractivity contribution in [2.45, 2.75) is 13.0 Å². The molecule has 0 aliphatic carbocycles. The lowest BCUT2D eigenvalue weighted by atomic mass is 10.1. The van der Waals surface area contributed by atoms with E-state index in [0.29, 0.717) is 13.0 Å². The fourth-order valence-corrected chi connectivity index (χ4v) is 3.66. The Hall–Kier alpha value is -3.80. The zero-order valence-corrected chi connectivity index (χ0v) is 17.7. The van der Waals surface area contributed by atoms with Gasteiger partial charge in [-0.1, -0.05) is 48.5 Å². The summed E-state index contributed by atoms with van der Waals surface area (Å²) in [6.07, 6.45) is 0.640. The minimum atomic E-state index is -0.0882. The van der Waals surface area contributed by atoms with Gasteiger partial charge in [0.2, 0.25) is 5.91 Å². The van der Waals surface area contributed by atoms with Crippen LogP contribution in [0.25, 0.3) is 22.2 Å². The molecule has 4 aromatic rings. The van der Waals surface area contributed by atoms with Gasteiger partial charge in [-0.05, 0) is 36.2 Å². The van der Waals surface area contributed by atoms with Crippen LogP contribution in [-0.4, -0.2) is 36.5 Å². The van der Waals surface area contributed by atoms with Crippen LogP contribution in [-0.2, 0) is 17.8 Å². The maximum atomic E-state index is 12.6. The standard InChI is InChI=1S/C25H25N3O3/c1-30-20-12-13-23(31-2)19(16-20)14-15-26-24(29)17-28-22-11-7-6-10-21(22)25(27-28)18-8-4-3-5-9-18/h3-13,16H,14-15,17H2,1-2H3,(H,26,29). The van der Waals surface area contributed by atoms with Crippen LogP contribution in [0.2, 0.25) is 0 Å². The molecule has 31 heavy (non-hydrogen) atoms. The van der Waals surface area contributed by atoms with Gasteiger partial charge in [-0.2, -0.15) is 5.10 Å². The zero-order valence-electron chi connectivity index (χ0n) is 17.7. The summed E-state index contributed by atoms with van der Waals surface area (Å²) in [6.45, 7) is 0.649. The first-order chi connectivity index (χ1) is 15.2. The number of methoxy groups -OCH3 is 2. The van der Waals surface area contributed by atoms with Crippen LogP contribution in [0, 0.1) is 0 Å². The summed E-state index contributed by atoms with van der Waals surface area (Å²) >= 11 is 0. The number of hydrogen-bond donors (Lipinski definition) is 1. The molecule has 3 aromatic carbocycles. The average molecular weight is 415 g/mol. The van der Waals surface area contributed by atoms with E-state index in [9.17, 15) is 4.79 Å². The smallest absolute Gasteiger partial charge is 0.241 e. The highest BCUT2D eigenvalue weighted by Gasteiger charge is 2.14. The van der Waals surface area contributed by atoms with E-state index in [2.05, 4.69) is 5.32 Å². The van der Waals surface area contributed by atoms with Crippen molar-refractivity contribution in [3.63, 3.8) is 0 Å². The minimum absolute atomic E-state index is 0.0882. The summed E-state index contributed by atoms with van der Waals surface area (Å²) in [5, 5.41) is 8.75. The molecule has 158 valence electrons. The van der Waals surface area contributed by atoms with Gasteiger partial charge in [0.25, 0.3) is 0 Å². The van der Waals surface area contributed by atoms with E-state index in [1.807, 2.05) is 72.8 Å². The second kappa shape index (κ2) is 9.34. The first kappa shape index (κ1) is 20.5. The summed E-state index contributed by atoms with van der Waals surface area (Å²) in [5.41, 5.74) is 3.83. The molecule has 0 spiro atoms. The lowest BCUT2D eigenvalue weighted by Crippen LogP contribution is -2.29. The number of carbonyl (C=O) groups is 1. The van der Waals surface area contributed by atoms with Crippen molar-refractivity contribution in [1.82, 2.24) is 15.1 Å². The van der Waals surface area contributed by atoms with Crippen LogP contribution >= 0.6 is 0 Å². The van der Waals surface area contributed by atoms with E-state index >= 15 is 0 Å². The number of carbonyl (C=O) groups excluding carboxylic acids is 1. The molecule has 6 nitrogen and oxygen atoms in total. The Morgan fingerprint density at radius 2 is 1.74 bits per heavy atom. The number of aromatic nitrogens is 2. The van der Waals surface area contributed by atoms with Crippen molar-refractivity contribution in [3.8, 4) is 22.8 Å². The van der Waals surface area contributed by atoms with Crippen molar-refractivity contribution < 1.29 is 14.3 Å². The summed E-state index contributed by atoms with van der Waals surface area (Å²) < 4.78 is 12.5. The quantitative estimate of drug-likeness (QED) is 0.471. The van der Waals surface area contributed by atoms with Gasteiger partial charge < -0.3 is 14.8 Å². The Morgan fingerprint density at radius 3 is 2.52 bits per heavy atom. The molecule has 0 fully saturated rings. The summed E-state index contributed by atoms with van der Waals surface area (Å²) in [5.74, 6) is 1.45. The van der Waals surface area contributed by atoms with Crippen molar-refractivity contribution >= 4 is 16.8 Å². The Labute approximate surface area is 181 Å². The molecule has 0 unspecified atom stereocenters. The van der Waals surface area contributed by atoms with Gasteiger partial charge in [-0.25, -0.2) is 0 Å². The summed E-state index contributed by atoms with van der Waals surface area (Å²) in [4.78, 5) is 12.6. The Balaban J connectivity index is 1.46. The van der Waals surface area contributed by atoms with E-state index in [4.69, 9.17) is 14.6 Å². The van der Waals surface area contributed by atoms with Crippen LogP contribution < -0.4 is 14.8 Å². The molecule has 0 saturated carbocycles. The van der Waals surface area contributed by atoms with E-state index in [-0.39, 0.29) is 12.5 Å². The molecule has 0 atom stereocenters. The molecule has 1 amide bonds. The molecule has 1 aromatic heterocycles. The Bertz CT molecular complexity index is 1190. The molecule has 6 heteroatoms. The number of fused-ring (bicyclic) bond motifs is 1. The SMILES string of the molecule is COc1ccc(OC)c(CCNC(=O)Cn2nc(-c3ccccc3)c3ccccc32)c1. The van der Waals surface area contributed by atoms with Crippen molar-refractivity contribution in [2.24, 2.45) is 0 Å². The van der Waals surface area contributed by atoms with E-state index < -0.39 is 0 Å². The molecule has 1 heterocycles. The number of nitrogens with zero attached hydrogens (tertiary/aromatic N) is 2. The first-order valence-corrected chi connectivity index (χ1v) is 10.2. The van der Waals surface area contributed by atoms with Crippen LogP contribution in [0.4, 0.5) is 0 Å². The minimum Gasteiger partial charge on any atom is -0.497 e. The van der Waals surface area contributed by atoms with Gasteiger partial charge in [-0.3, -0.25) is 9.48 Å². The van der Waals surface area contributed by atoms with Crippen LogP contribution in [0.3, 0.4) is 0 Å². The number of ether oxygens (including phenoxy) is 2. The maximum absolute atomic E-state index is 12.6. The third-order valence-electron chi connectivity index (χ3n) is 5.20. The molecule has 0 saturated heterocycles. The molecular weight excluding hydrogens is 390 g/mol. The number of rotatable bonds is 8. The van der Waals surface area contributed by atoms with Crippen molar-refractivity contribution in [2.75, 3.05) is 20.8 Å². The van der Waals surface area contributed by atoms with Gasteiger partial charge in [-0.15, -0.1) is 0 Å². The highest BCUT2D eigenvalue weighted by molar-refractivity contribution is 5.94. The monoisotopic (exact) mass is 415 g/mol. The predicted molar refractivity (Wildman–Crippen MR) is 121 cm³/mol. The molecule has 0 radical (unpaired) electrons. The number of hydrogen-bond acceptors (Lipinski definition) is 4. The third-order valence-corrected chi connectivity index (χ3v) is 5.20. The van der Waals surface area contributed by atoms with Crippen LogP contribution in [0.5, 0.6) is 11.5 Å². The summed E-state index contributed by atoms with van der Waals surface area (Å²) in [7, 11) is 3.27. The fraction of sp³-hybridized carbons (Fsp3) is 0.200. The number of benzene rings is 3. The molecule has 0 aliphatic heterocycles. The van der Waals surface area contributed by atoms with Gasteiger partial charge in [0, 0.05) is 17.5 Å². The second-order valence-corrected chi connectivity index (χ2v) is 7.17. The molecule has 4 rings (SSSR count). The van der Waals surface area contributed by atoms with Crippen LogP contribution in [0.15, 0.2) is 72.8 Å². The second-order valence-electron chi connectivity index (χ2n) is 7.17. The molecule has 0 aliphatic rings. The largest absolute Gasteiger partial charge is 0.497 e. The number of nitrogens with one attached hydrogen (secondary N) is 1. The van der Waals surface area contributed by atoms with Crippen molar-refractivity contribution in [3.05, 3.63) is 78.4 Å². The third kappa shape index (κ3) is 4.53. The van der Waals surface area contributed by atoms with Crippen molar-refractivity contribution in [1.29, 1.82) is 0 Å². The van der Waals surface area contributed by atoms with Gasteiger partial charge in [0.05, 0.1) is 19.7 Å². The molecule has 0 bridgehead atoms. The van der Waals surface area contributed by atoms with E-state index in [1.54, 1.807) is 18.9 Å². The number of para-hydroxylation sites is 1. The molecule has 1 N–H and O–H groups in total. The van der Waals surface area contributed by atoms with Gasteiger partial charge >= 0.3 is 0 Å². The first-order valence-electron chi connectivity index (χ1n) is 10.2. The summed E-state index contributed by atoms with van der Waals surface area (Å²) in [6, 6.07) is 23.6. The normalized spacial score (nSPS) is 10.8. The topological polar surface area (TPSA) is 65.4 Å². The highest BCUT2D eigenvalue weighted by atomic mass is 16.5. The van der Waals surface area contributed by atoms with E-state index in [0.717, 1.165) is 39.2 Å². The fourth-order valence-electron chi connectivity index (χ4n) is 3.66. The molecular formula is C25H25N3O3. The average Bonchev–Trinajstić information content (AvgIpc) is 3.18. The Kier molecular flexibility index (Phi) is 6.17.